The Hall–Kier alpha value is -3.67. The predicted molar refractivity (Wildman–Crippen MR) is 112 cm³/mol. The second-order valence-corrected chi connectivity index (χ2v) is 6.84. The van der Waals surface area contributed by atoms with Crippen molar-refractivity contribution in [2.75, 3.05) is 7.05 Å². The second kappa shape index (κ2) is 7.75. The molecule has 0 saturated carbocycles. The zero-order valence-electron chi connectivity index (χ0n) is 16.6. The van der Waals surface area contributed by atoms with E-state index in [1.807, 2.05) is 79.2 Å². The summed E-state index contributed by atoms with van der Waals surface area (Å²) in [5, 5.41) is 0. The molecule has 6 nitrogen and oxygen atoms in total. The van der Waals surface area contributed by atoms with Crippen LogP contribution in [0, 0.1) is 0 Å². The number of nitrogens with zero attached hydrogens (tertiary/aromatic N) is 4. The maximum atomic E-state index is 13.2. The molecule has 2 aromatic heterocycles. The molecule has 0 aliphatic rings. The van der Waals surface area contributed by atoms with Crippen LogP contribution in [0.3, 0.4) is 0 Å². The number of hydrogen-bond acceptors (Lipinski definition) is 4. The Labute approximate surface area is 168 Å². The van der Waals surface area contributed by atoms with Gasteiger partial charge in [-0.1, -0.05) is 30.3 Å². The van der Waals surface area contributed by atoms with Crippen LogP contribution in [0.5, 0.6) is 11.5 Å². The van der Waals surface area contributed by atoms with Gasteiger partial charge < -0.3 is 9.30 Å². The van der Waals surface area contributed by atoms with Gasteiger partial charge >= 0.3 is 0 Å². The summed E-state index contributed by atoms with van der Waals surface area (Å²) in [5.74, 6) is 1.05. The summed E-state index contributed by atoms with van der Waals surface area (Å²) in [5.41, 5.74) is 3.11. The SMILES string of the molecule is C/N=c1/cnc2c(ccn2C(=O)C(C)c2cccc(Oc3ccccc3)c2)n1C. The Morgan fingerprint density at radius 3 is 2.59 bits per heavy atom. The number of hydrogen-bond donors (Lipinski definition) is 0. The van der Waals surface area contributed by atoms with E-state index in [-0.39, 0.29) is 11.8 Å². The summed E-state index contributed by atoms with van der Waals surface area (Å²) < 4.78 is 9.43. The first-order valence-electron chi connectivity index (χ1n) is 9.41. The quantitative estimate of drug-likeness (QED) is 0.530. The third-order valence-electron chi connectivity index (χ3n) is 5.02. The van der Waals surface area contributed by atoms with Gasteiger partial charge in [-0.25, -0.2) is 4.98 Å². The van der Waals surface area contributed by atoms with Crippen LogP contribution >= 0.6 is 0 Å². The van der Waals surface area contributed by atoms with E-state index in [9.17, 15) is 4.79 Å². The highest BCUT2D eigenvalue weighted by Gasteiger charge is 2.20. The van der Waals surface area contributed by atoms with E-state index in [1.54, 1.807) is 24.0 Å². The fraction of sp³-hybridized carbons (Fsp3) is 0.174. The molecule has 0 aliphatic heterocycles. The van der Waals surface area contributed by atoms with Gasteiger partial charge in [0.25, 0.3) is 0 Å². The van der Waals surface area contributed by atoms with Crippen molar-refractivity contribution in [1.82, 2.24) is 14.1 Å². The molecule has 146 valence electrons. The van der Waals surface area contributed by atoms with Crippen LogP contribution in [-0.2, 0) is 7.05 Å². The van der Waals surface area contributed by atoms with E-state index in [4.69, 9.17) is 4.74 Å². The zero-order chi connectivity index (χ0) is 20.4. The minimum Gasteiger partial charge on any atom is -0.457 e. The number of aromatic nitrogens is 3. The lowest BCUT2D eigenvalue weighted by Crippen LogP contribution is -2.21. The average molecular weight is 386 g/mol. The van der Waals surface area contributed by atoms with E-state index in [0.29, 0.717) is 11.4 Å². The highest BCUT2D eigenvalue weighted by Crippen LogP contribution is 2.27. The predicted octanol–water partition coefficient (Wildman–Crippen LogP) is 4.14. The van der Waals surface area contributed by atoms with Crippen LogP contribution in [0.15, 0.2) is 78.0 Å². The number of para-hydroxylation sites is 1. The van der Waals surface area contributed by atoms with Crippen molar-refractivity contribution in [3.63, 3.8) is 0 Å². The van der Waals surface area contributed by atoms with Crippen LogP contribution in [-0.4, -0.2) is 27.1 Å². The van der Waals surface area contributed by atoms with Crippen LogP contribution < -0.4 is 10.2 Å². The number of benzene rings is 2. The number of aryl methyl sites for hydroxylation is 1. The van der Waals surface area contributed by atoms with E-state index in [1.165, 1.54) is 0 Å². The lowest BCUT2D eigenvalue weighted by atomic mass is 10.00. The van der Waals surface area contributed by atoms with Crippen molar-refractivity contribution in [2.45, 2.75) is 12.8 Å². The summed E-state index contributed by atoms with van der Waals surface area (Å²) in [4.78, 5) is 21.8. The number of rotatable bonds is 4. The molecular weight excluding hydrogens is 364 g/mol. The molecule has 6 heteroatoms. The molecular formula is C23H22N4O2. The van der Waals surface area contributed by atoms with Crippen LogP contribution in [0.25, 0.3) is 11.2 Å². The molecule has 2 aromatic carbocycles. The smallest absolute Gasteiger partial charge is 0.239 e. The second-order valence-electron chi connectivity index (χ2n) is 6.84. The van der Waals surface area contributed by atoms with Gasteiger partial charge in [-0.15, -0.1) is 0 Å². The van der Waals surface area contributed by atoms with Crippen LogP contribution in [0.4, 0.5) is 0 Å². The molecule has 1 atom stereocenters. The highest BCUT2D eigenvalue weighted by atomic mass is 16.5. The number of carbonyl (C=O) groups excluding carboxylic acids is 1. The summed E-state index contributed by atoms with van der Waals surface area (Å²) in [6.07, 6.45) is 3.44. The Morgan fingerprint density at radius 2 is 1.83 bits per heavy atom. The fourth-order valence-electron chi connectivity index (χ4n) is 3.34. The number of fused-ring (bicyclic) bond motifs is 1. The van der Waals surface area contributed by atoms with Gasteiger partial charge in [0.05, 0.1) is 17.6 Å². The van der Waals surface area contributed by atoms with Crippen molar-refractivity contribution >= 4 is 17.1 Å². The molecule has 0 N–H and O–H groups in total. The molecule has 0 fully saturated rings. The summed E-state index contributed by atoms with van der Waals surface area (Å²) in [6.45, 7) is 1.89. The third-order valence-corrected chi connectivity index (χ3v) is 5.02. The van der Waals surface area contributed by atoms with Crippen molar-refractivity contribution in [2.24, 2.45) is 12.0 Å². The molecule has 0 amide bonds. The first-order chi connectivity index (χ1) is 14.1. The molecule has 0 radical (unpaired) electrons. The third kappa shape index (κ3) is 3.57. The topological polar surface area (TPSA) is 61.4 Å². The van der Waals surface area contributed by atoms with Crippen LogP contribution in [0.2, 0.25) is 0 Å². The lowest BCUT2D eigenvalue weighted by molar-refractivity contribution is 0.0889. The first-order valence-corrected chi connectivity index (χ1v) is 9.41. The molecule has 4 aromatic rings. The zero-order valence-corrected chi connectivity index (χ0v) is 16.6. The molecule has 2 heterocycles. The van der Waals surface area contributed by atoms with Gasteiger partial charge in [0, 0.05) is 20.3 Å². The Kier molecular flexibility index (Phi) is 4.99. The molecule has 0 saturated heterocycles. The average Bonchev–Trinajstić information content (AvgIpc) is 3.19. The molecule has 29 heavy (non-hydrogen) atoms. The Morgan fingerprint density at radius 1 is 1.07 bits per heavy atom. The van der Waals surface area contributed by atoms with E-state index in [0.717, 1.165) is 22.3 Å². The van der Waals surface area contributed by atoms with Crippen molar-refractivity contribution in [1.29, 1.82) is 0 Å². The maximum absolute atomic E-state index is 13.2. The molecule has 0 bridgehead atoms. The van der Waals surface area contributed by atoms with Crippen molar-refractivity contribution in [3.8, 4) is 11.5 Å². The largest absolute Gasteiger partial charge is 0.457 e. The molecule has 4 rings (SSSR count). The lowest BCUT2D eigenvalue weighted by Gasteiger charge is -2.14. The molecule has 0 aliphatic carbocycles. The number of carbonyl (C=O) groups is 1. The molecule has 1 unspecified atom stereocenters. The van der Waals surface area contributed by atoms with Gasteiger partial charge in [0.15, 0.2) is 5.65 Å². The van der Waals surface area contributed by atoms with Gasteiger partial charge in [-0.3, -0.25) is 14.4 Å². The minimum atomic E-state index is -0.354. The van der Waals surface area contributed by atoms with E-state index < -0.39 is 0 Å². The van der Waals surface area contributed by atoms with Gasteiger partial charge in [0.1, 0.15) is 17.0 Å². The fourth-order valence-corrected chi connectivity index (χ4v) is 3.34. The normalized spacial score (nSPS) is 12.9. The summed E-state index contributed by atoms with van der Waals surface area (Å²) in [7, 11) is 3.63. The first kappa shape index (κ1) is 18.7. The van der Waals surface area contributed by atoms with Gasteiger partial charge in [-0.05, 0) is 42.8 Å². The van der Waals surface area contributed by atoms with Crippen molar-refractivity contribution < 1.29 is 9.53 Å². The van der Waals surface area contributed by atoms with Gasteiger partial charge in [0.2, 0.25) is 5.91 Å². The number of ether oxygens (including phenoxy) is 1. The van der Waals surface area contributed by atoms with E-state index >= 15 is 0 Å². The Balaban J connectivity index is 1.64. The maximum Gasteiger partial charge on any atom is 0.239 e. The summed E-state index contributed by atoms with van der Waals surface area (Å²) in [6, 6.07) is 19.1. The molecule has 0 spiro atoms. The monoisotopic (exact) mass is 386 g/mol. The Bertz CT molecular complexity index is 1240. The highest BCUT2D eigenvalue weighted by molar-refractivity contribution is 5.93. The summed E-state index contributed by atoms with van der Waals surface area (Å²) >= 11 is 0. The standard InChI is InChI=1S/C23H22N4O2/c1-16(17-8-7-11-19(14-17)29-18-9-5-4-6-10-18)23(28)27-13-12-20-22(27)25-15-21(24-2)26(20)3/h4-16H,1-3H3/b24-21-. The minimum absolute atomic E-state index is 0.0504. The van der Waals surface area contributed by atoms with Gasteiger partial charge in [-0.2, -0.15) is 0 Å². The van der Waals surface area contributed by atoms with Crippen molar-refractivity contribution in [3.05, 3.63) is 84.1 Å². The van der Waals surface area contributed by atoms with E-state index in [2.05, 4.69) is 9.98 Å². The van der Waals surface area contributed by atoms with Crippen LogP contribution in [0.1, 0.15) is 23.2 Å².